The zero-order valence-electron chi connectivity index (χ0n) is 6.42. The van der Waals surface area contributed by atoms with E-state index in [1.165, 1.54) is 0 Å². The molecule has 0 aromatic heterocycles. The van der Waals surface area contributed by atoms with E-state index in [-0.39, 0.29) is 5.22 Å². The molecule has 0 unspecified atom stereocenters. The fraction of sp³-hybridized carbons (Fsp3) is 0.250. The Hall–Kier alpha value is -1.20. The summed E-state index contributed by atoms with van der Waals surface area (Å²) >= 11 is 0. The third kappa shape index (κ3) is 1.09. The van der Waals surface area contributed by atoms with Crippen LogP contribution in [0, 0.1) is 10.4 Å². The highest BCUT2D eigenvalue weighted by Gasteiger charge is 2.42. The first kappa shape index (κ1) is 9.36. The Balaban J connectivity index is 2.51. The van der Waals surface area contributed by atoms with Crippen molar-refractivity contribution in [2.75, 3.05) is 0 Å². The first-order valence-electron chi connectivity index (χ1n) is 3.54. The van der Waals surface area contributed by atoms with Gasteiger partial charge in [0, 0.05) is 5.22 Å². The van der Waals surface area contributed by atoms with E-state index in [0.717, 1.165) is 0 Å². The van der Waals surface area contributed by atoms with E-state index in [1.54, 1.807) is 0 Å². The van der Waals surface area contributed by atoms with Crippen LogP contribution in [0.1, 0.15) is 11.1 Å². The van der Waals surface area contributed by atoms with Gasteiger partial charge < -0.3 is 0 Å². The molecule has 0 spiro atoms. The van der Waals surface area contributed by atoms with E-state index in [0.29, 0.717) is 12.1 Å². The van der Waals surface area contributed by atoms with E-state index in [1.807, 2.05) is 0 Å². The zero-order chi connectivity index (χ0) is 10.7. The molecule has 0 fully saturated rings. The monoisotopic (exact) mass is 212 g/mol. The van der Waals surface area contributed by atoms with E-state index in [9.17, 15) is 26.3 Å². The normalized spacial score (nSPS) is 14.4. The van der Waals surface area contributed by atoms with Gasteiger partial charge in [-0.1, -0.05) is 0 Å². The van der Waals surface area contributed by atoms with Gasteiger partial charge in [0.2, 0.25) is 0 Å². The van der Waals surface area contributed by atoms with Crippen molar-refractivity contribution in [2.24, 2.45) is 0 Å². The van der Waals surface area contributed by atoms with Crippen LogP contribution in [0.2, 0.25) is 0 Å². The van der Waals surface area contributed by atoms with Crippen molar-refractivity contribution >= 4 is 0 Å². The van der Waals surface area contributed by atoms with Crippen molar-refractivity contribution in [3.05, 3.63) is 33.7 Å². The highest BCUT2D eigenvalue weighted by atomic mass is 19.4. The SMILES string of the molecule is FC(F)(F)c1cc2cc(C(F)(F)F)c1=2. The van der Waals surface area contributed by atoms with Gasteiger partial charge in [0.15, 0.2) is 0 Å². The first-order valence-corrected chi connectivity index (χ1v) is 3.54. The summed E-state index contributed by atoms with van der Waals surface area (Å²) in [5.41, 5.74) is -2.36. The van der Waals surface area contributed by atoms with Crippen molar-refractivity contribution in [3.8, 4) is 0 Å². The summed E-state index contributed by atoms with van der Waals surface area (Å²) in [6, 6.07) is 1.43. The number of hydrogen-bond donors (Lipinski definition) is 0. The van der Waals surface area contributed by atoms with Crippen molar-refractivity contribution in [2.45, 2.75) is 12.4 Å². The van der Waals surface area contributed by atoms with Gasteiger partial charge in [-0.3, -0.25) is 0 Å². The Morgan fingerprint density at radius 1 is 0.714 bits per heavy atom. The average Bonchev–Trinajstić information content (AvgIpc) is 1.88. The van der Waals surface area contributed by atoms with Gasteiger partial charge in [-0.15, -0.1) is 0 Å². The van der Waals surface area contributed by atoms with Crippen LogP contribution in [0.15, 0.2) is 12.1 Å². The molecule has 76 valence electrons. The Labute approximate surface area is 73.5 Å². The number of hydrogen-bond acceptors (Lipinski definition) is 0. The average molecular weight is 212 g/mol. The topological polar surface area (TPSA) is 0 Å². The lowest BCUT2D eigenvalue weighted by Crippen LogP contribution is -2.19. The summed E-state index contributed by atoms with van der Waals surface area (Å²) in [6.07, 6.45) is -9.38. The molecule has 14 heavy (non-hydrogen) atoms. The van der Waals surface area contributed by atoms with Gasteiger partial charge >= 0.3 is 12.4 Å². The standard InChI is InChI=1S/C8H2F6/c9-7(10,11)4-1-3-2-5(6(3)4)8(12,13)14/h1-2H. The molecule has 6 heteroatoms. The van der Waals surface area contributed by atoms with Crippen molar-refractivity contribution < 1.29 is 26.3 Å². The highest BCUT2D eigenvalue weighted by Crippen LogP contribution is 2.42. The summed E-state index contributed by atoms with van der Waals surface area (Å²) in [5, 5.41) is -0.658. The smallest absolute Gasteiger partial charge is 0.166 e. The minimum atomic E-state index is -4.69. The maximum atomic E-state index is 12.0. The van der Waals surface area contributed by atoms with Crippen LogP contribution in [0.25, 0.3) is 0 Å². The lowest BCUT2D eigenvalue weighted by atomic mass is 9.92. The fourth-order valence-electron chi connectivity index (χ4n) is 1.39. The summed E-state index contributed by atoms with van der Waals surface area (Å²) in [7, 11) is 0. The van der Waals surface area contributed by atoms with Gasteiger partial charge in [-0.05, 0) is 17.4 Å². The second kappa shape index (κ2) is 2.24. The molecule has 0 saturated heterocycles. The molecule has 0 bridgehead atoms. The molecule has 0 aliphatic heterocycles. The van der Waals surface area contributed by atoms with Crippen LogP contribution < -0.4 is 0 Å². The van der Waals surface area contributed by atoms with E-state index >= 15 is 0 Å². The maximum Gasteiger partial charge on any atom is 0.417 e. The van der Waals surface area contributed by atoms with Crippen LogP contribution in [0.5, 0.6) is 0 Å². The largest absolute Gasteiger partial charge is 0.417 e. The Morgan fingerprint density at radius 2 is 1.07 bits per heavy atom. The molecule has 2 aliphatic rings. The predicted molar refractivity (Wildman–Crippen MR) is 34.1 cm³/mol. The molecule has 0 N–H and O–H groups in total. The summed E-state index contributed by atoms with van der Waals surface area (Å²) in [5.74, 6) is 0. The Kier molecular flexibility index (Phi) is 1.50. The van der Waals surface area contributed by atoms with Gasteiger partial charge in [-0.25, -0.2) is 0 Å². The van der Waals surface area contributed by atoms with E-state index in [4.69, 9.17) is 0 Å². The molecule has 2 aliphatic carbocycles. The molecule has 0 amide bonds. The molecule has 0 radical (unpaired) electrons. The molecule has 0 aromatic rings. The molecule has 2 rings (SSSR count). The van der Waals surface area contributed by atoms with Crippen LogP contribution in [-0.2, 0) is 12.4 Å². The number of halogens is 6. The molecular formula is C8H2F6. The van der Waals surface area contributed by atoms with Gasteiger partial charge in [0.1, 0.15) is 0 Å². The number of rotatable bonds is 0. The molecule has 0 saturated carbocycles. The summed E-state index contributed by atoms with van der Waals surface area (Å²) in [4.78, 5) is 0. The number of alkyl halides is 6. The van der Waals surface area contributed by atoms with Gasteiger partial charge in [-0.2, -0.15) is 26.3 Å². The minimum absolute atomic E-state index is 0.0321. The Bertz CT molecular complexity index is 437. The van der Waals surface area contributed by atoms with Crippen molar-refractivity contribution in [1.29, 1.82) is 0 Å². The second-order valence-corrected chi connectivity index (χ2v) is 2.94. The molecule has 0 nitrogen and oxygen atoms in total. The molecule has 0 aromatic carbocycles. The quantitative estimate of drug-likeness (QED) is 0.587. The maximum absolute atomic E-state index is 12.0. The van der Waals surface area contributed by atoms with E-state index in [2.05, 4.69) is 0 Å². The summed E-state index contributed by atoms with van der Waals surface area (Å²) < 4.78 is 72.1. The summed E-state index contributed by atoms with van der Waals surface area (Å²) in [6.45, 7) is 0. The first-order chi connectivity index (χ1) is 6.21. The van der Waals surface area contributed by atoms with Gasteiger partial charge in [0.05, 0.1) is 11.1 Å². The van der Waals surface area contributed by atoms with Crippen LogP contribution >= 0.6 is 0 Å². The van der Waals surface area contributed by atoms with Crippen LogP contribution in [0.4, 0.5) is 26.3 Å². The van der Waals surface area contributed by atoms with E-state index < -0.39 is 28.7 Å². The lowest BCUT2D eigenvalue weighted by Gasteiger charge is -2.20. The highest BCUT2D eigenvalue weighted by molar-refractivity contribution is 5.43. The lowest BCUT2D eigenvalue weighted by molar-refractivity contribution is -0.145. The third-order valence-electron chi connectivity index (χ3n) is 2.04. The Morgan fingerprint density at radius 3 is 1.29 bits per heavy atom. The van der Waals surface area contributed by atoms with Crippen LogP contribution in [-0.4, -0.2) is 0 Å². The minimum Gasteiger partial charge on any atom is -0.166 e. The fourth-order valence-corrected chi connectivity index (χ4v) is 1.39. The van der Waals surface area contributed by atoms with Crippen molar-refractivity contribution in [3.63, 3.8) is 0 Å². The van der Waals surface area contributed by atoms with Gasteiger partial charge in [0.25, 0.3) is 0 Å². The molecule has 0 atom stereocenters. The second-order valence-electron chi connectivity index (χ2n) is 2.94. The molecule has 0 heterocycles. The number of benzene rings is 1. The predicted octanol–water partition coefficient (Wildman–Crippen LogP) is 3.32. The molecular weight excluding hydrogens is 210 g/mol. The zero-order valence-corrected chi connectivity index (χ0v) is 6.42. The third-order valence-corrected chi connectivity index (χ3v) is 2.04. The van der Waals surface area contributed by atoms with Crippen molar-refractivity contribution in [1.82, 2.24) is 0 Å². The van der Waals surface area contributed by atoms with Crippen LogP contribution in [0.3, 0.4) is 0 Å².